The van der Waals surface area contributed by atoms with Gasteiger partial charge in [-0.25, -0.2) is 0 Å². The normalized spacial score (nSPS) is 16.2. The van der Waals surface area contributed by atoms with Crippen molar-refractivity contribution >= 4 is 11.7 Å². The summed E-state index contributed by atoms with van der Waals surface area (Å²) in [6.45, 7) is 0.348. The molecule has 0 radical (unpaired) electrons. The Balaban J connectivity index is 1.72. The largest absolute Gasteiger partial charge is 0.308 e. The smallest absolute Gasteiger partial charge is 0.239 e. The van der Waals surface area contributed by atoms with E-state index in [1.807, 2.05) is 0 Å². The first-order valence-electron chi connectivity index (χ1n) is 5.65. The van der Waals surface area contributed by atoms with Gasteiger partial charge in [0.15, 0.2) is 5.82 Å². The number of rotatable bonds is 4. The van der Waals surface area contributed by atoms with E-state index in [9.17, 15) is 4.79 Å². The Bertz CT molecular complexity index is 335. The van der Waals surface area contributed by atoms with Crippen LogP contribution in [0.1, 0.15) is 25.7 Å². The van der Waals surface area contributed by atoms with Crippen molar-refractivity contribution in [3.05, 3.63) is 18.3 Å². The van der Waals surface area contributed by atoms with Crippen molar-refractivity contribution in [1.29, 1.82) is 0 Å². The average Bonchev–Trinajstić information content (AvgIpc) is 2.81. The van der Waals surface area contributed by atoms with Crippen LogP contribution in [0.4, 0.5) is 5.82 Å². The van der Waals surface area contributed by atoms with E-state index < -0.39 is 0 Å². The van der Waals surface area contributed by atoms with Crippen LogP contribution in [0.25, 0.3) is 0 Å². The van der Waals surface area contributed by atoms with Gasteiger partial charge in [-0.05, 0) is 25.0 Å². The second-order valence-corrected chi connectivity index (χ2v) is 4.02. The van der Waals surface area contributed by atoms with E-state index >= 15 is 0 Å². The van der Waals surface area contributed by atoms with Gasteiger partial charge in [0, 0.05) is 12.2 Å². The van der Waals surface area contributed by atoms with Crippen LogP contribution < -0.4 is 10.6 Å². The molecular formula is C11H16N4O. The number of nitrogens with zero attached hydrogens (tertiary/aromatic N) is 2. The molecule has 1 saturated carbocycles. The summed E-state index contributed by atoms with van der Waals surface area (Å²) in [5.41, 5.74) is 0. The molecule has 0 spiro atoms. The van der Waals surface area contributed by atoms with Gasteiger partial charge in [-0.15, -0.1) is 5.10 Å². The maximum absolute atomic E-state index is 11.5. The number of hydrogen-bond donors (Lipinski definition) is 2. The zero-order chi connectivity index (χ0) is 11.2. The van der Waals surface area contributed by atoms with Gasteiger partial charge in [-0.3, -0.25) is 4.79 Å². The van der Waals surface area contributed by atoms with Gasteiger partial charge in [-0.2, -0.15) is 5.10 Å². The van der Waals surface area contributed by atoms with Gasteiger partial charge in [-0.1, -0.05) is 12.8 Å². The predicted octanol–water partition coefficient (Wildman–Crippen LogP) is 0.947. The van der Waals surface area contributed by atoms with Crippen molar-refractivity contribution in [1.82, 2.24) is 15.5 Å². The zero-order valence-electron chi connectivity index (χ0n) is 9.15. The first kappa shape index (κ1) is 11.0. The first-order valence-corrected chi connectivity index (χ1v) is 5.65. The average molecular weight is 220 g/mol. The van der Waals surface area contributed by atoms with Crippen molar-refractivity contribution in [3.63, 3.8) is 0 Å². The van der Waals surface area contributed by atoms with E-state index in [0.29, 0.717) is 18.4 Å². The molecular weight excluding hydrogens is 204 g/mol. The highest BCUT2D eigenvalue weighted by atomic mass is 16.2. The molecule has 1 aliphatic rings. The van der Waals surface area contributed by atoms with Crippen LogP contribution >= 0.6 is 0 Å². The van der Waals surface area contributed by atoms with Crippen molar-refractivity contribution in [2.75, 3.05) is 11.9 Å². The van der Waals surface area contributed by atoms with Crippen LogP contribution in [-0.4, -0.2) is 28.7 Å². The van der Waals surface area contributed by atoms with E-state index in [0.717, 1.165) is 0 Å². The third kappa shape index (κ3) is 3.27. The molecule has 1 heterocycles. The Morgan fingerprint density at radius 3 is 2.94 bits per heavy atom. The molecule has 5 heteroatoms. The summed E-state index contributed by atoms with van der Waals surface area (Å²) in [4.78, 5) is 11.5. The molecule has 1 aromatic heterocycles. The Morgan fingerprint density at radius 2 is 2.25 bits per heavy atom. The topological polar surface area (TPSA) is 66.9 Å². The second kappa shape index (κ2) is 5.55. The lowest BCUT2D eigenvalue weighted by Gasteiger charge is -2.10. The molecule has 0 atom stereocenters. The summed E-state index contributed by atoms with van der Waals surface area (Å²) in [7, 11) is 0. The minimum atomic E-state index is -0.0626. The molecule has 0 saturated heterocycles. The molecule has 1 aromatic rings. The third-order valence-electron chi connectivity index (χ3n) is 2.75. The van der Waals surface area contributed by atoms with Crippen LogP contribution in [0.3, 0.4) is 0 Å². The SMILES string of the molecule is O=C(CNC1CCCC1)Nc1cccnn1. The molecule has 1 amide bonds. The van der Waals surface area contributed by atoms with Crippen molar-refractivity contribution < 1.29 is 4.79 Å². The lowest BCUT2D eigenvalue weighted by Crippen LogP contribution is -2.34. The highest BCUT2D eigenvalue weighted by Crippen LogP contribution is 2.17. The molecule has 0 aliphatic heterocycles. The van der Waals surface area contributed by atoms with E-state index in [-0.39, 0.29) is 5.91 Å². The maximum Gasteiger partial charge on any atom is 0.239 e. The van der Waals surface area contributed by atoms with Crippen LogP contribution in [0.2, 0.25) is 0 Å². The summed E-state index contributed by atoms with van der Waals surface area (Å²) in [5, 5.41) is 13.4. The number of hydrogen-bond acceptors (Lipinski definition) is 4. The molecule has 5 nitrogen and oxygen atoms in total. The molecule has 1 aliphatic carbocycles. The third-order valence-corrected chi connectivity index (χ3v) is 2.75. The number of carbonyl (C=O) groups is 1. The lowest BCUT2D eigenvalue weighted by molar-refractivity contribution is -0.115. The van der Waals surface area contributed by atoms with E-state index in [2.05, 4.69) is 20.8 Å². The van der Waals surface area contributed by atoms with E-state index in [1.54, 1.807) is 18.3 Å². The fraction of sp³-hybridized carbons (Fsp3) is 0.545. The summed E-state index contributed by atoms with van der Waals surface area (Å²) >= 11 is 0. The van der Waals surface area contributed by atoms with Gasteiger partial charge < -0.3 is 10.6 Å². The monoisotopic (exact) mass is 220 g/mol. The molecule has 0 bridgehead atoms. The first-order chi connectivity index (χ1) is 7.84. The van der Waals surface area contributed by atoms with Gasteiger partial charge in [0.05, 0.1) is 6.54 Å². The molecule has 16 heavy (non-hydrogen) atoms. The lowest BCUT2D eigenvalue weighted by atomic mass is 10.2. The number of nitrogens with one attached hydrogen (secondary N) is 2. The van der Waals surface area contributed by atoms with Gasteiger partial charge in [0.1, 0.15) is 0 Å². The van der Waals surface area contributed by atoms with Gasteiger partial charge in [0.25, 0.3) is 0 Å². The summed E-state index contributed by atoms with van der Waals surface area (Å²) in [5.74, 6) is 0.438. The molecule has 86 valence electrons. The molecule has 2 N–H and O–H groups in total. The van der Waals surface area contributed by atoms with Crippen LogP contribution in [-0.2, 0) is 4.79 Å². The van der Waals surface area contributed by atoms with Crippen LogP contribution in [0.5, 0.6) is 0 Å². The number of aromatic nitrogens is 2. The quantitative estimate of drug-likeness (QED) is 0.792. The summed E-state index contributed by atoms with van der Waals surface area (Å²) in [6.07, 6.45) is 6.47. The predicted molar refractivity (Wildman–Crippen MR) is 60.9 cm³/mol. The Labute approximate surface area is 94.6 Å². The zero-order valence-corrected chi connectivity index (χ0v) is 9.15. The fourth-order valence-electron chi connectivity index (χ4n) is 1.92. The van der Waals surface area contributed by atoms with Crippen LogP contribution in [0.15, 0.2) is 18.3 Å². The summed E-state index contributed by atoms with van der Waals surface area (Å²) < 4.78 is 0. The molecule has 0 unspecified atom stereocenters. The minimum absolute atomic E-state index is 0.0626. The molecule has 1 fully saturated rings. The summed E-state index contributed by atoms with van der Waals surface area (Å²) in [6, 6.07) is 3.97. The molecule has 2 rings (SSSR count). The number of amides is 1. The standard InChI is InChI=1S/C11H16N4O/c16-11(8-12-9-4-1-2-5-9)14-10-6-3-7-13-15-10/h3,6-7,9,12H,1-2,4-5,8H2,(H,14,15,16). The maximum atomic E-state index is 11.5. The highest BCUT2D eigenvalue weighted by Gasteiger charge is 2.15. The number of anilines is 1. The van der Waals surface area contributed by atoms with Gasteiger partial charge in [0.2, 0.25) is 5.91 Å². The fourth-order valence-corrected chi connectivity index (χ4v) is 1.92. The second-order valence-electron chi connectivity index (χ2n) is 4.02. The Kier molecular flexibility index (Phi) is 3.82. The van der Waals surface area contributed by atoms with Gasteiger partial charge >= 0.3 is 0 Å². The van der Waals surface area contributed by atoms with Crippen molar-refractivity contribution in [2.45, 2.75) is 31.7 Å². The Hall–Kier alpha value is -1.49. The number of carbonyl (C=O) groups excluding carboxylic acids is 1. The Morgan fingerprint density at radius 1 is 1.44 bits per heavy atom. The molecule has 0 aromatic carbocycles. The van der Waals surface area contributed by atoms with E-state index in [1.165, 1.54) is 25.7 Å². The van der Waals surface area contributed by atoms with E-state index in [4.69, 9.17) is 0 Å². The van der Waals surface area contributed by atoms with Crippen LogP contribution in [0, 0.1) is 0 Å². The van der Waals surface area contributed by atoms with Crippen molar-refractivity contribution in [2.24, 2.45) is 0 Å². The highest BCUT2D eigenvalue weighted by molar-refractivity contribution is 5.91. The van der Waals surface area contributed by atoms with Crippen molar-refractivity contribution in [3.8, 4) is 0 Å². The minimum Gasteiger partial charge on any atom is -0.308 e.